The number of methoxy groups -OCH3 is 1. The van der Waals surface area contributed by atoms with Gasteiger partial charge in [-0.1, -0.05) is 29.8 Å². The van der Waals surface area contributed by atoms with Crippen LogP contribution in [0.3, 0.4) is 0 Å². The molecule has 1 aliphatic heterocycles. The molecular weight excluding hydrogens is 264 g/mol. The lowest BCUT2D eigenvalue weighted by atomic mass is 9.88. The number of ether oxygens (including phenoxy) is 1. The number of carbonyl (C=O) groups excluding carboxylic acids is 1. The van der Waals surface area contributed by atoms with Crippen molar-refractivity contribution in [3.05, 3.63) is 35.4 Å². The van der Waals surface area contributed by atoms with Gasteiger partial charge in [0.1, 0.15) is 0 Å². The first kappa shape index (κ1) is 15.8. The standard InChI is InChI=1S/C17H26N2O2/c1-13-6-5-7-14(10-13)11-15-12-19(17(20)18(2)3)9-8-16(15)21-4/h5-7,10,15-16H,8-9,11-12H2,1-4H3/t15-,16-/m0/s1. The van der Waals surface area contributed by atoms with Gasteiger partial charge in [0.05, 0.1) is 6.10 Å². The normalized spacial score (nSPS) is 22.2. The van der Waals surface area contributed by atoms with Crippen LogP contribution in [-0.4, -0.2) is 56.2 Å². The molecule has 1 fully saturated rings. The number of amides is 2. The summed E-state index contributed by atoms with van der Waals surface area (Å²) in [5.74, 6) is 0.356. The van der Waals surface area contributed by atoms with Gasteiger partial charge in [-0.2, -0.15) is 0 Å². The van der Waals surface area contributed by atoms with Crippen LogP contribution in [0.4, 0.5) is 4.79 Å². The maximum absolute atomic E-state index is 12.2. The van der Waals surface area contributed by atoms with Crippen molar-refractivity contribution in [2.24, 2.45) is 5.92 Å². The molecule has 0 radical (unpaired) electrons. The Labute approximate surface area is 127 Å². The molecule has 0 bridgehead atoms. The monoisotopic (exact) mass is 290 g/mol. The summed E-state index contributed by atoms with van der Waals surface area (Å²) >= 11 is 0. The molecule has 1 heterocycles. The molecular formula is C17H26N2O2. The van der Waals surface area contributed by atoms with Gasteiger partial charge in [-0.15, -0.1) is 0 Å². The molecule has 4 nitrogen and oxygen atoms in total. The number of likely N-dealkylation sites (tertiary alicyclic amines) is 1. The van der Waals surface area contributed by atoms with Gasteiger partial charge >= 0.3 is 6.03 Å². The Kier molecular flexibility index (Phi) is 5.23. The summed E-state index contributed by atoms with van der Waals surface area (Å²) in [4.78, 5) is 15.7. The number of hydrogen-bond donors (Lipinski definition) is 0. The Balaban J connectivity index is 2.08. The second-order valence-corrected chi connectivity index (χ2v) is 6.14. The lowest BCUT2D eigenvalue weighted by Crippen LogP contribution is -2.50. The van der Waals surface area contributed by atoms with E-state index in [9.17, 15) is 4.79 Å². The Morgan fingerprint density at radius 2 is 2.19 bits per heavy atom. The first-order chi connectivity index (χ1) is 10.0. The van der Waals surface area contributed by atoms with Crippen LogP contribution in [0.5, 0.6) is 0 Å². The van der Waals surface area contributed by atoms with Crippen LogP contribution in [0.15, 0.2) is 24.3 Å². The number of rotatable bonds is 3. The molecule has 116 valence electrons. The molecule has 2 amide bonds. The van der Waals surface area contributed by atoms with Gasteiger partial charge in [0.15, 0.2) is 0 Å². The summed E-state index contributed by atoms with van der Waals surface area (Å²) in [6, 6.07) is 8.68. The van der Waals surface area contributed by atoms with E-state index in [4.69, 9.17) is 4.74 Å². The molecule has 2 rings (SSSR count). The van der Waals surface area contributed by atoms with Crippen LogP contribution >= 0.6 is 0 Å². The summed E-state index contributed by atoms with van der Waals surface area (Å²) in [6.07, 6.45) is 2.10. The molecule has 0 aliphatic carbocycles. The van der Waals surface area contributed by atoms with E-state index in [0.29, 0.717) is 5.92 Å². The van der Waals surface area contributed by atoms with Crippen molar-refractivity contribution < 1.29 is 9.53 Å². The van der Waals surface area contributed by atoms with E-state index in [1.807, 2.05) is 4.90 Å². The van der Waals surface area contributed by atoms with Crippen molar-refractivity contribution in [1.82, 2.24) is 9.80 Å². The van der Waals surface area contributed by atoms with Crippen molar-refractivity contribution in [3.63, 3.8) is 0 Å². The largest absolute Gasteiger partial charge is 0.381 e. The van der Waals surface area contributed by atoms with Crippen LogP contribution < -0.4 is 0 Å². The highest BCUT2D eigenvalue weighted by Crippen LogP contribution is 2.24. The molecule has 1 saturated heterocycles. The summed E-state index contributed by atoms with van der Waals surface area (Å²) < 4.78 is 5.64. The molecule has 1 aromatic rings. The van der Waals surface area contributed by atoms with E-state index in [2.05, 4.69) is 31.2 Å². The highest BCUT2D eigenvalue weighted by Gasteiger charge is 2.32. The minimum atomic E-state index is 0.0961. The van der Waals surface area contributed by atoms with Gasteiger partial charge in [0.2, 0.25) is 0 Å². The third-order valence-corrected chi connectivity index (χ3v) is 4.20. The summed E-state index contributed by atoms with van der Waals surface area (Å²) in [5, 5.41) is 0. The van der Waals surface area contributed by atoms with E-state index < -0.39 is 0 Å². The lowest BCUT2D eigenvalue weighted by Gasteiger charge is -2.39. The molecule has 1 aliphatic rings. The molecule has 2 atom stereocenters. The van der Waals surface area contributed by atoms with E-state index in [-0.39, 0.29) is 12.1 Å². The van der Waals surface area contributed by atoms with Crippen molar-refractivity contribution in [2.75, 3.05) is 34.3 Å². The average molecular weight is 290 g/mol. The summed E-state index contributed by atoms with van der Waals surface area (Å²) in [6.45, 7) is 3.66. The SMILES string of the molecule is CO[C@H]1CCN(C(=O)N(C)C)C[C@@H]1Cc1cccc(C)c1. The van der Waals surface area contributed by atoms with Crippen LogP contribution in [0, 0.1) is 12.8 Å². The molecule has 0 unspecified atom stereocenters. The fourth-order valence-corrected chi connectivity index (χ4v) is 3.12. The first-order valence-electron chi connectivity index (χ1n) is 7.56. The smallest absolute Gasteiger partial charge is 0.319 e. The molecule has 1 aromatic carbocycles. The van der Waals surface area contributed by atoms with Gasteiger partial charge in [-0.05, 0) is 25.3 Å². The second-order valence-electron chi connectivity index (χ2n) is 6.14. The zero-order valence-electron chi connectivity index (χ0n) is 13.5. The summed E-state index contributed by atoms with van der Waals surface area (Å²) in [7, 11) is 5.39. The molecule has 0 aromatic heterocycles. The Morgan fingerprint density at radius 1 is 1.43 bits per heavy atom. The van der Waals surface area contributed by atoms with E-state index in [1.54, 1.807) is 26.1 Å². The number of benzene rings is 1. The maximum Gasteiger partial charge on any atom is 0.319 e. The van der Waals surface area contributed by atoms with Gasteiger partial charge < -0.3 is 14.5 Å². The molecule has 21 heavy (non-hydrogen) atoms. The highest BCUT2D eigenvalue weighted by atomic mass is 16.5. The molecule has 4 heteroatoms. The number of hydrogen-bond acceptors (Lipinski definition) is 2. The zero-order valence-corrected chi connectivity index (χ0v) is 13.5. The van der Waals surface area contributed by atoms with E-state index >= 15 is 0 Å². The van der Waals surface area contributed by atoms with Crippen LogP contribution in [0.1, 0.15) is 17.5 Å². The van der Waals surface area contributed by atoms with Crippen molar-refractivity contribution in [3.8, 4) is 0 Å². The molecule has 0 spiro atoms. The lowest BCUT2D eigenvalue weighted by molar-refractivity contribution is 0.00135. The fraction of sp³-hybridized carbons (Fsp3) is 0.588. The predicted molar refractivity (Wildman–Crippen MR) is 84.4 cm³/mol. The van der Waals surface area contributed by atoms with Crippen LogP contribution in [0.25, 0.3) is 0 Å². The number of carbonyl (C=O) groups is 1. The van der Waals surface area contributed by atoms with Gasteiger partial charge in [0.25, 0.3) is 0 Å². The first-order valence-corrected chi connectivity index (χ1v) is 7.56. The zero-order chi connectivity index (χ0) is 15.4. The minimum absolute atomic E-state index is 0.0961. The third-order valence-electron chi connectivity index (χ3n) is 4.20. The highest BCUT2D eigenvalue weighted by molar-refractivity contribution is 5.73. The van der Waals surface area contributed by atoms with Gasteiger partial charge in [-0.3, -0.25) is 0 Å². The molecule has 0 N–H and O–H groups in total. The third kappa shape index (κ3) is 3.97. The van der Waals surface area contributed by atoms with Crippen LogP contribution in [0.2, 0.25) is 0 Å². The Morgan fingerprint density at radius 3 is 2.81 bits per heavy atom. The van der Waals surface area contributed by atoms with Crippen molar-refractivity contribution in [1.29, 1.82) is 0 Å². The van der Waals surface area contributed by atoms with Gasteiger partial charge in [0, 0.05) is 40.2 Å². The number of urea groups is 1. The Hall–Kier alpha value is -1.55. The number of nitrogens with zero attached hydrogens (tertiary/aromatic N) is 2. The second kappa shape index (κ2) is 6.94. The van der Waals surface area contributed by atoms with Crippen LogP contribution in [-0.2, 0) is 11.2 Å². The predicted octanol–water partition coefficient (Wildman–Crippen LogP) is 2.56. The van der Waals surface area contributed by atoms with E-state index in [1.165, 1.54) is 11.1 Å². The molecule has 0 saturated carbocycles. The Bertz CT molecular complexity index is 487. The topological polar surface area (TPSA) is 32.8 Å². The maximum atomic E-state index is 12.2. The fourth-order valence-electron chi connectivity index (χ4n) is 3.12. The van der Waals surface area contributed by atoms with Gasteiger partial charge in [-0.25, -0.2) is 4.79 Å². The van der Waals surface area contributed by atoms with E-state index in [0.717, 1.165) is 25.9 Å². The van der Waals surface area contributed by atoms with Crippen molar-refractivity contribution in [2.45, 2.75) is 25.9 Å². The van der Waals surface area contributed by atoms with Crippen molar-refractivity contribution >= 4 is 6.03 Å². The average Bonchev–Trinajstić information content (AvgIpc) is 2.46. The number of piperidine rings is 1. The number of aryl methyl sites for hydroxylation is 1. The minimum Gasteiger partial charge on any atom is -0.381 e. The quantitative estimate of drug-likeness (QED) is 0.857. The summed E-state index contributed by atoms with van der Waals surface area (Å²) in [5.41, 5.74) is 2.60.